The summed E-state index contributed by atoms with van der Waals surface area (Å²) in [7, 11) is 0. The molecule has 2 heterocycles. The van der Waals surface area contributed by atoms with Crippen LogP contribution in [0.4, 0.5) is 5.69 Å². The second-order valence-corrected chi connectivity index (χ2v) is 7.09. The SMILES string of the molecule is CCOc1cccc(C(=O)Nc2cccc(-c3nc4cc5c(cc4[nH]3)OCCO5)c2)c1. The number of imidazole rings is 1. The van der Waals surface area contributed by atoms with Crippen LogP contribution in [0.3, 0.4) is 0 Å². The van der Waals surface area contributed by atoms with Crippen molar-refractivity contribution in [2.45, 2.75) is 6.92 Å². The van der Waals surface area contributed by atoms with Gasteiger partial charge in [0.05, 0.1) is 17.6 Å². The average Bonchev–Trinajstić information content (AvgIpc) is 3.21. The predicted octanol–water partition coefficient (Wildman–Crippen LogP) is 4.65. The highest BCUT2D eigenvalue weighted by molar-refractivity contribution is 6.04. The van der Waals surface area contributed by atoms with Crippen LogP contribution in [0.15, 0.2) is 60.7 Å². The Bertz CT molecular complexity index is 1220. The van der Waals surface area contributed by atoms with E-state index >= 15 is 0 Å². The molecule has 1 aromatic heterocycles. The molecule has 1 aliphatic rings. The fourth-order valence-electron chi connectivity index (χ4n) is 3.52. The number of carbonyl (C=O) groups excluding carboxylic acids is 1. The first-order chi connectivity index (χ1) is 15.2. The molecule has 0 spiro atoms. The number of nitrogens with one attached hydrogen (secondary N) is 2. The monoisotopic (exact) mass is 415 g/mol. The first-order valence-electron chi connectivity index (χ1n) is 10.1. The van der Waals surface area contributed by atoms with Crippen molar-refractivity contribution in [3.05, 3.63) is 66.2 Å². The highest BCUT2D eigenvalue weighted by atomic mass is 16.6. The fourth-order valence-corrected chi connectivity index (χ4v) is 3.52. The van der Waals surface area contributed by atoms with E-state index in [9.17, 15) is 4.79 Å². The van der Waals surface area contributed by atoms with Gasteiger partial charge >= 0.3 is 0 Å². The Balaban J connectivity index is 1.40. The number of nitrogens with zero attached hydrogens (tertiary/aromatic N) is 1. The van der Waals surface area contributed by atoms with Crippen LogP contribution in [-0.2, 0) is 0 Å². The zero-order chi connectivity index (χ0) is 21.2. The van der Waals surface area contributed by atoms with Gasteiger partial charge in [0.2, 0.25) is 0 Å². The maximum Gasteiger partial charge on any atom is 0.255 e. The minimum absolute atomic E-state index is 0.203. The van der Waals surface area contributed by atoms with Crippen molar-refractivity contribution >= 4 is 22.6 Å². The van der Waals surface area contributed by atoms with E-state index in [1.807, 2.05) is 49.4 Å². The van der Waals surface area contributed by atoms with Crippen molar-refractivity contribution < 1.29 is 19.0 Å². The predicted molar refractivity (Wildman–Crippen MR) is 118 cm³/mol. The lowest BCUT2D eigenvalue weighted by Gasteiger charge is -2.17. The quantitative estimate of drug-likeness (QED) is 0.496. The summed E-state index contributed by atoms with van der Waals surface area (Å²) in [6.07, 6.45) is 0. The minimum atomic E-state index is -0.203. The summed E-state index contributed by atoms with van der Waals surface area (Å²) in [4.78, 5) is 20.7. The van der Waals surface area contributed by atoms with Crippen LogP contribution in [-0.4, -0.2) is 35.7 Å². The highest BCUT2D eigenvalue weighted by Gasteiger charge is 2.16. The van der Waals surface area contributed by atoms with Gasteiger partial charge in [0, 0.05) is 28.9 Å². The number of carbonyl (C=O) groups is 1. The summed E-state index contributed by atoms with van der Waals surface area (Å²) < 4.78 is 16.8. The van der Waals surface area contributed by atoms with Gasteiger partial charge in [-0.05, 0) is 37.3 Å². The molecule has 1 amide bonds. The topological polar surface area (TPSA) is 85.5 Å². The molecular formula is C24H21N3O4. The molecule has 0 fully saturated rings. The first-order valence-corrected chi connectivity index (χ1v) is 10.1. The molecule has 31 heavy (non-hydrogen) atoms. The van der Waals surface area contributed by atoms with Gasteiger partial charge in [-0.3, -0.25) is 4.79 Å². The summed E-state index contributed by atoms with van der Waals surface area (Å²) in [6, 6.07) is 18.4. The molecule has 0 bridgehead atoms. The number of aromatic amines is 1. The molecule has 1 aliphatic heterocycles. The number of ether oxygens (including phenoxy) is 3. The Kier molecular flexibility index (Phi) is 4.92. The molecule has 0 saturated heterocycles. The van der Waals surface area contributed by atoms with Gasteiger partial charge in [-0.2, -0.15) is 0 Å². The van der Waals surface area contributed by atoms with E-state index in [1.165, 1.54) is 0 Å². The normalized spacial score (nSPS) is 12.5. The molecule has 7 nitrogen and oxygen atoms in total. The van der Waals surface area contributed by atoms with Crippen molar-refractivity contribution in [2.24, 2.45) is 0 Å². The van der Waals surface area contributed by atoms with E-state index < -0.39 is 0 Å². The number of hydrogen-bond acceptors (Lipinski definition) is 5. The molecule has 0 saturated carbocycles. The van der Waals surface area contributed by atoms with E-state index in [-0.39, 0.29) is 5.91 Å². The molecule has 4 aromatic rings. The number of aromatic nitrogens is 2. The molecule has 3 aromatic carbocycles. The molecule has 0 radical (unpaired) electrons. The number of H-pyrrole nitrogens is 1. The van der Waals surface area contributed by atoms with Crippen LogP contribution < -0.4 is 19.5 Å². The number of benzene rings is 3. The van der Waals surface area contributed by atoms with E-state index in [2.05, 4.69) is 15.3 Å². The lowest BCUT2D eigenvalue weighted by atomic mass is 10.1. The number of rotatable bonds is 5. The van der Waals surface area contributed by atoms with Crippen LogP contribution >= 0.6 is 0 Å². The second-order valence-electron chi connectivity index (χ2n) is 7.09. The molecule has 7 heteroatoms. The van der Waals surface area contributed by atoms with Gasteiger partial charge in [0.1, 0.15) is 24.8 Å². The molecular weight excluding hydrogens is 394 g/mol. The van der Waals surface area contributed by atoms with Gasteiger partial charge in [-0.15, -0.1) is 0 Å². The van der Waals surface area contributed by atoms with Gasteiger partial charge < -0.3 is 24.5 Å². The third kappa shape index (κ3) is 3.90. The molecule has 2 N–H and O–H groups in total. The Hall–Kier alpha value is -4.00. The molecule has 156 valence electrons. The lowest BCUT2D eigenvalue weighted by Crippen LogP contribution is -2.15. The zero-order valence-corrected chi connectivity index (χ0v) is 17.0. The summed E-state index contributed by atoms with van der Waals surface area (Å²) in [6.45, 7) is 3.52. The third-order valence-corrected chi connectivity index (χ3v) is 4.95. The van der Waals surface area contributed by atoms with E-state index in [4.69, 9.17) is 14.2 Å². The Labute approximate surface area is 179 Å². The first kappa shape index (κ1) is 19.0. The van der Waals surface area contributed by atoms with E-state index in [1.54, 1.807) is 18.2 Å². The summed E-state index contributed by atoms with van der Waals surface area (Å²) in [5.74, 6) is 2.58. The van der Waals surface area contributed by atoms with Crippen LogP contribution in [0.2, 0.25) is 0 Å². The number of anilines is 1. The van der Waals surface area contributed by atoms with Crippen LogP contribution in [0.25, 0.3) is 22.4 Å². The number of hydrogen-bond donors (Lipinski definition) is 2. The second kappa shape index (κ2) is 8.02. The van der Waals surface area contributed by atoms with Gasteiger partial charge in [-0.25, -0.2) is 4.98 Å². The minimum Gasteiger partial charge on any atom is -0.494 e. The highest BCUT2D eigenvalue weighted by Crippen LogP contribution is 2.35. The maximum absolute atomic E-state index is 12.7. The summed E-state index contributed by atoms with van der Waals surface area (Å²) in [5.41, 5.74) is 3.72. The van der Waals surface area contributed by atoms with Crippen molar-refractivity contribution in [3.63, 3.8) is 0 Å². The van der Waals surface area contributed by atoms with Crippen LogP contribution in [0.1, 0.15) is 17.3 Å². The standard InChI is InChI=1S/C24H21N3O4/c1-2-29-18-8-4-6-16(12-18)24(28)25-17-7-3-5-15(11-17)23-26-19-13-21-22(14-20(19)27-23)31-10-9-30-21/h3-8,11-14H,2,9-10H2,1H3,(H,25,28)(H,26,27). The van der Waals surface area contributed by atoms with E-state index in [0.717, 1.165) is 16.6 Å². The Morgan fingerprint density at radius 2 is 1.87 bits per heavy atom. The van der Waals surface area contributed by atoms with Gasteiger partial charge in [0.15, 0.2) is 11.5 Å². The van der Waals surface area contributed by atoms with Gasteiger partial charge in [0.25, 0.3) is 5.91 Å². The lowest BCUT2D eigenvalue weighted by molar-refractivity contribution is 0.102. The molecule has 0 aliphatic carbocycles. The third-order valence-electron chi connectivity index (χ3n) is 4.95. The molecule has 5 rings (SSSR count). The van der Waals surface area contributed by atoms with Crippen molar-refractivity contribution in [2.75, 3.05) is 25.1 Å². The fraction of sp³-hybridized carbons (Fsp3) is 0.167. The molecule has 0 atom stereocenters. The largest absolute Gasteiger partial charge is 0.494 e. The van der Waals surface area contributed by atoms with Gasteiger partial charge in [-0.1, -0.05) is 18.2 Å². The smallest absolute Gasteiger partial charge is 0.255 e. The van der Waals surface area contributed by atoms with Crippen LogP contribution in [0.5, 0.6) is 17.2 Å². The average molecular weight is 415 g/mol. The maximum atomic E-state index is 12.7. The summed E-state index contributed by atoms with van der Waals surface area (Å²) >= 11 is 0. The van der Waals surface area contributed by atoms with Crippen molar-refractivity contribution in [1.29, 1.82) is 0 Å². The number of fused-ring (bicyclic) bond motifs is 2. The summed E-state index contributed by atoms with van der Waals surface area (Å²) in [5, 5.41) is 2.94. The van der Waals surface area contributed by atoms with E-state index in [0.29, 0.717) is 54.1 Å². The number of amides is 1. The van der Waals surface area contributed by atoms with Crippen molar-refractivity contribution in [1.82, 2.24) is 9.97 Å². The van der Waals surface area contributed by atoms with Crippen molar-refractivity contribution in [3.8, 4) is 28.6 Å². The Morgan fingerprint density at radius 3 is 2.71 bits per heavy atom. The molecule has 0 unspecified atom stereocenters. The van der Waals surface area contributed by atoms with Crippen LogP contribution in [0, 0.1) is 0 Å². The zero-order valence-electron chi connectivity index (χ0n) is 17.0. The Morgan fingerprint density at radius 1 is 1.06 bits per heavy atom.